The molecular formula is C36H52N2. The molecular weight excluding hydrogens is 460 g/mol. The minimum Gasteiger partial charge on any atom is -0.155 e. The molecule has 0 aliphatic heterocycles. The second kappa shape index (κ2) is 9.76. The normalized spacial score (nSPS) is 21.6. The highest BCUT2D eigenvalue weighted by molar-refractivity contribution is 6.03. The van der Waals surface area contributed by atoms with Crippen LogP contribution in [-0.4, -0.2) is 11.4 Å². The average molecular weight is 513 g/mol. The van der Waals surface area contributed by atoms with E-state index in [-0.39, 0.29) is 21.7 Å². The van der Waals surface area contributed by atoms with Crippen LogP contribution in [0, 0.1) is 0 Å². The molecule has 0 saturated heterocycles. The van der Waals surface area contributed by atoms with E-state index in [1.54, 1.807) is 0 Å². The van der Waals surface area contributed by atoms with Crippen LogP contribution in [0.4, 0.5) is 0 Å². The third-order valence-corrected chi connectivity index (χ3v) is 10.0. The van der Waals surface area contributed by atoms with Gasteiger partial charge in [0.2, 0.25) is 0 Å². The number of hydrogen-bond acceptors (Lipinski definition) is 2. The lowest BCUT2D eigenvalue weighted by Crippen LogP contribution is -2.34. The molecule has 0 aromatic heterocycles. The molecule has 2 aromatic rings. The molecule has 206 valence electrons. The van der Waals surface area contributed by atoms with Crippen molar-refractivity contribution in [3.05, 3.63) is 68.8 Å². The Bertz CT molecular complexity index is 1200. The van der Waals surface area contributed by atoms with Gasteiger partial charge in [-0.1, -0.05) is 81.4 Å². The van der Waals surface area contributed by atoms with Crippen LogP contribution in [0.25, 0.3) is 0 Å². The van der Waals surface area contributed by atoms with E-state index in [1.807, 2.05) is 0 Å². The Morgan fingerprint density at radius 1 is 0.526 bits per heavy atom. The van der Waals surface area contributed by atoms with Crippen molar-refractivity contribution in [3.8, 4) is 0 Å². The zero-order valence-corrected chi connectivity index (χ0v) is 26.4. The Morgan fingerprint density at radius 3 is 1.05 bits per heavy atom. The largest absolute Gasteiger partial charge is 0.155 e. The van der Waals surface area contributed by atoms with Gasteiger partial charge in [-0.3, -0.25) is 0 Å². The molecule has 0 spiro atoms. The summed E-state index contributed by atoms with van der Waals surface area (Å²) in [5, 5.41) is 9.74. The fourth-order valence-electron chi connectivity index (χ4n) is 6.83. The van der Waals surface area contributed by atoms with Crippen molar-refractivity contribution in [1.29, 1.82) is 0 Å². The summed E-state index contributed by atoms with van der Waals surface area (Å²) in [7, 11) is 0. The summed E-state index contributed by atoms with van der Waals surface area (Å²) in [5.41, 5.74) is 14.2. The molecule has 38 heavy (non-hydrogen) atoms. The van der Waals surface area contributed by atoms with E-state index < -0.39 is 0 Å². The van der Waals surface area contributed by atoms with Gasteiger partial charge in [-0.05, 0) is 120 Å². The lowest BCUT2D eigenvalue weighted by atomic mass is 9.62. The van der Waals surface area contributed by atoms with Gasteiger partial charge in [0, 0.05) is 11.1 Å². The van der Waals surface area contributed by atoms with Crippen molar-refractivity contribution in [2.75, 3.05) is 0 Å². The summed E-state index contributed by atoms with van der Waals surface area (Å²) in [6.45, 7) is 28.0. The second-order valence-electron chi connectivity index (χ2n) is 14.7. The van der Waals surface area contributed by atoms with Gasteiger partial charge in [0.1, 0.15) is 0 Å². The van der Waals surface area contributed by atoms with Gasteiger partial charge in [0.15, 0.2) is 0 Å². The van der Waals surface area contributed by atoms with Gasteiger partial charge in [-0.2, -0.15) is 10.2 Å². The molecule has 2 nitrogen and oxygen atoms in total. The minimum absolute atomic E-state index is 0.186. The third kappa shape index (κ3) is 5.05. The maximum atomic E-state index is 4.87. The summed E-state index contributed by atoms with van der Waals surface area (Å²) in [5.74, 6) is 0. The summed E-state index contributed by atoms with van der Waals surface area (Å²) >= 11 is 0. The van der Waals surface area contributed by atoms with Crippen LogP contribution in [0.3, 0.4) is 0 Å². The Labute approximate surface area is 233 Å². The molecule has 2 aliphatic rings. The first-order valence-electron chi connectivity index (χ1n) is 15.0. The molecule has 2 aromatic carbocycles. The lowest BCUT2D eigenvalue weighted by molar-refractivity contribution is 0.331. The molecule has 0 bridgehead atoms. The van der Waals surface area contributed by atoms with Crippen LogP contribution in [0.1, 0.15) is 153 Å². The van der Waals surface area contributed by atoms with Crippen LogP contribution < -0.4 is 0 Å². The zero-order chi connectivity index (χ0) is 28.3. The number of benzene rings is 2. The molecule has 2 aliphatic carbocycles. The van der Waals surface area contributed by atoms with Crippen molar-refractivity contribution in [2.45, 2.75) is 143 Å². The average Bonchev–Trinajstić information content (AvgIpc) is 2.86. The van der Waals surface area contributed by atoms with Crippen LogP contribution in [0.2, 0.25) is 0 Å². The zero-order valence-electron chi connectivity index (χ0n) is 26.4. The number of aryl methyl sites for hydroxylation is 2. The molecule has 0 radical (unpaired) electrons. The molecule has 0 atom stereocenters. The Hall–Kier alpha value is -2.22. The van der Waals surface area contributed by atoms with Crippen LogP contribution in [0.15, 0.2) is 34.5 Å². The number of rotatable bonds is 5. The lowest BCUT2D eigenvalue weighted by Gasteiger charge is -2.42. The van der Waals surface area contributed by atoms with Crippen molar-refractivity contribution in [2.24, 2.45) is 10.2 Å². The fraction of sp³-hybridized carbons (Fsp3) is 0.611. The second-order valence-corrected chi connectivity index (χ2v) is 14.7. The minimum atomic E-state index is 0.186. The van der Waals surface area contributed by atoms with E-state index in [9.17, 15) is 0 Å². The number of fused-ring (bicyclic) bond motifs is 2. The highest BCUT2D eigenvalue weighted by Crippen LogP contribution is 2.48. The van der Waals surface area contributed by atoms with Crippen LogP contribution in [0.5, 0.6) is 0 Å². The maximum Gasteiger partial charge on any atom is 0.0674 e. The summed E-state index contributed by atoms with van der Waals surface area (Å²) in [6.07, 6.45) is 6.92. The van der Waals surface area contributed by atoms with Gasteiger partial charge in [0.05, 0.1) is 11.4 Å². The summed E-state index contributed by atoms with van der Waals surface area (Å²) in [4.78, 5) is 0. The van der Waals surface area contributed by atoms with Gasteiger partial charge < -0.3 is 0 Å². The Balaban J connectivity index is 1.79. The first kappa shape index (κ1) is 28.8. The maximum absolute atomic E-state index is 4.87. The summed E-state index contributed by atoms with van der Waals surface area (Å²) in [6, 6.07) is 9.84. The monoisotopic (exact) mass is 512 g/mol. The molecule has 0 unspecified atom stereocenters. The molecule has 2 heteroatoms. The van der Waals surface area contributed by atoms with Gasteiger partial charge >= 0.3 is 0 Å². The van der Waals surface area contributed by atoms with Crippen LogP contribution >= 0.6 is 0 Å². The van der Waals surface area contributed by atoms with Crippen molar-refractivity contribution >= 4 is 11.4 Å². The predicted molar refractivity (Wildman–Crippen MR) is 167 cm³/mol. The Morgan fingerprint density at radius 2 is 0.789 bits per heavy atom. The van der Waals surface area contributed by atoms with Crippen molar-refractivity contribution < 1.29 is 0 Å². The van der Waals surface area contributed by atoms with Crippen molar-refractivity contribution in [1.82, 2.24) is 0 Å². The highest BCUT2D eigenvalue weighted by atomic mass is 15.2. The van der Waals surface area contributed by atoms with E-state index in [0.29, 0.717) is 0 Å². The molecule has 0 fully saturated rings. The number of nitrogens with zero attached hydrogens (tertiary/aromatic N) is 2. The first-order chi connectivity index (χ1) is 17.5. The molecule has 0 N–H and O–H groups in total. The predicted octanol–water partition coefficient (Wildman–Crippen LogP) is 9.74. The van der Waals surface area contributed by atoms with E-state index >= 15 is 0 Å². The molecule has 0 heterocycles. The van der Waals surface area contributed by atoms with E-state index in [4.69, 9.17) is 10.2 Å². The highest BCUT2D eigenvalue weighted by Gasteiger charge is 2.39. The van der Waals surface area contributed by atoms with Gasteiger partial charge in [0.25, 0.3) is 0 Å². The first-order valence-corrected chi connectivity index (χ1v) is 15.0. The van der Waals surface area contributed by atoms with Crippen LogP contribution in [-0.2, 0) is 34.5 Å². The van der Waals surface area contributed by atoms with Crippen molar-refractivity contribution in [3.63, 3.8) is 0 Å². The van der Waals surface area contributed by atoms with Gasteiger partial charge in [-0.15, -0.1) is 0 Å². The molecule has 0 amide bonds. The smallest absolute Gasteiger partial charge is 0.0674 e. The standard InChI is InChI=1S/C36H52N2/c1-13-25-19-29-31(35(9,10)17-15-33(29,5)6)21-27(25)23(3)37-38-24(4)28-22-32-30(20-26(28)14-2)34(7,8)16-18-36(32,11)12/h19-22H,13-18H2,1-12H3/b37-23+,38-24?. The third-order valence-electron chi connectivity index (χ3n) is 10.0. The van der Waals surface area contributed by atoms with E-state index in [2.05, 4.69) is 107 Å². The van der Waals surface area contributed by atoms with Gasteiger partial charge in [-0.25, -0.2) is 0 Å². The number of hydrogen-bond donors (Lipinski definition) is 0. The SMILES string of the molecule is CCc1cc2c(cc1C(C)=N/N=C(\C)c1cc3c(cc1CC)C(C)(C)CCC3(C)C)C(C)(C)CCC2(C)C. The molecule has 4 rings (SSSR count). The van der Waals surface area contributed by atoms with E-state index in [1.165, 1.54) is 70.2 Å². The topological polar surface area (TPSA) is 24.7 Å². The fourth-order valence-corrected chi connectivity index (χ4v) is 6.83. The Kier molecular flexibility index (Phi) is 7.39. The summed E-state index contributed by atoms with van der Waals surface area (Å²) < 4.78 is 0. The van der Waals surface area contributed by atoms with E-state index in [0.717, 1.165) is 24.3 Å². The quantitative estimate of drug-likeness (QED) is 0.281. The molecule has 0 saturated carbocycles.